The first-order valence-electron chi connectivity index (χ1n) is 36.2. The van der Waals surface area contributed by atoms with Gasteiger partial charge in [-0.1, -0.05) is 39.0 Å². The highest BCUT2D eigenvalue weighted by Gasteiger charge is 2.57. The monoisotopic (exact) mass is 1690 g/mol. The summed E-state index contributed by atoms with van der Waals surface area (Å²) in [6.07, 6.45) is -47.1. The molecule has 0 aromatic heterocycles. The second-order valence-corrected chi connectivity index (χ2v) is 29.8. The maximum absolute atomic E-state index is 14.4. The zero-order chi connectivity index (χ0) is 84.1. The first-order chi connectivity index (χ1) is 53.9. The minimum atomic E-state index is -2.40. The maximum Gasteiger partial charge on any atom is 0.335 e. The Kier molecular flexibility index (Phi) is 38.4. The van der Waals surface area contributed by atoms with Crippen molar-refractivity contribution in [1.29, 1.82) is 0 Å². The average Bonchev–Trinajstić information content (AvgIpc) is 0.792. The van der Waals surface area contributed by atoms with Gasteiger partial charge in [0.15, 0.2) is 37.2 Å². The summed E-state index contributed by atoms with van der Waals surface area (Å²) >= 11 is 5.91. The highest BCUT2D eigenvalue weighted by atomic mass is 32.2. The Balaban J connectivity index is 1.02. The number of rotatable bonds is 38. The molecule has 48 nitrogen and oxygen atoms in total. The van der Waals surface area contributed by atoms with Crippen molar-refractivity contribution in [3.05, 3.63) is 23.1 Å². The second-order valence-electron chi connectivity index (χ2n) is 28.0. The molecule has 18 unspecified atom stereocenters. The smallest absolute Gasteiger partial charge is 0.335 e. The number of carbonyl (C=O) groups excluding carboxylic acids is 7. The van der Waals surface area contributed by atoms with Crippen LogP contribution in [0.2, 0.25) is 0 Å². The fourth-order valence-electron chi connectivity index (χ4n) is 12.4. The van der Waals surface area contributed by atoms with Crippen molar-refractivity contribution in [2.75, 3.05) is 32.7 Å². The van der Waals surface area contributed by atoms with Gasteiger partial charge in [-0.3, -0.25) is 55.3 Å². The molecule has 7 amide bonds. The molecule has 114 heavy (non-hydrogen) atoms. The number of thiol groups is 1. The van der Waals surface area contributed by atoms with E-state index in [1.807, 2.05) is 29.1 Å². The molecule has 652 valence electrons. The van der Waals surface area contributed by atoms with Crippen LogP contribution >= 0.6 is 24.4 Å². The quantitative estimate of drug-likeness (QED) is 0.0118. The van der Waals surface area contributed by atoms with E-state index in [2.05, 4.69) is 61.1 Å². The molecule has 0 radical (unpaired) electrons. The largest absolute Gasteiger partial charge is 0.479 e. The molecule has 6 aliphatic heterocycles. The lowest BCUT2D eigenvalue weighted by Crippen LogP contribution is -2.67. The summed E-state index contributed by atoms with van der Waals surface area (Å²) in [6.45, 7) is 6.81. The molecule has 0 spiro atoms. The van der Waals surface area contributed by atoms with E-state index in [1.54, 1.807) is 20.8 Å². The molecule has 0 saturated carbocycles. The molecule has 1 aliphatic carbocycles. The van der Waals surface area contributed by atoms with Gasteiger partial charge in [-0.05, 0) is 19.3 Å². The average molecular weight is 1690 g/mol. The number of nitrogens with one attached hydrogen (secondary N) is 11. The topological polar surface area (TPSA) is 691 Å². The molecule has 7 aliphatic rings. The summed E-state index contributed by atoms with van der Waals surface area (Å²) in [6, 6.07) is -4.08. The van der Waals surface area contributed by atoms with Crippen molar-refractivity contribution in [3.8, 4) is 0 Å². The number of aliphatic carboxylic acids is 1. The predicted octanol–water partition coefficient (Wildman–Crippen LogP) is -11.3. The Hall–Kier alpha value is -5.34. The van der Waals surface area contributed by atoms with Gasteiger partial charge in [-0.2, -0.15) is 12.6 Å². The van der Waals surface area contributed by atoms with Gasteiger partial charge in [-0.25, -0.2) is 55.8 Å². The number of allylic oxidation sites excluding steroid dienone is 2. The molecule has 6 saturated heterocycles. The van der Waals surface area contributed by atoms with Crippen LogP contribution < -0.4 is 59.4 Å². The van der Waals surface area contributed by atoms with Gasteiger partial charge in [0.1, 0.15) is 116 Å². The Morgan fingerprint density at radius 1 is 0.518 bits per heavy atom. The van der Waals surface area contributed by atoms with Crippen LogP contribution in [0.3, 0.4) is 0 Å². The zero-order valence-electron chi connectivity index (χ0n) is 62.9. The van der Waals surface area contributed by atoms with Gasteiger partial charge >= 0.3 is 5.97 Å². The molecule has 0 aromatic rings. The summed E-state index contributed by atoms with van der Waals surface area (Å²) in [4.78, 5) is 138. The highest BCUT2D eigenvalue weighted by molar-refractivity contribution is 8.03. The number of hydrogen-bond acceptors (Lipinski definition) is 42. The minimum absolute atomic E-state index is 0.115. The lowest BCUT2D eigenvalue weighted by molar-refractivity contribution is -0.460. The normalized spacial score (nSPS) is 36.6. The van der Waals surface area contributed by atoms with E-state index in [0.717, 1.165) is 32.1 Å². The van der Waals surface area contributed by atoms with Crippen LogP contribution in [-0.2, 0) is 110 Å². The lowest BCUT2D eigenvalue weighted by Gasteiger charge is -2.47. The van der Waals surface area contributed by atoms with Gasteiger partial charge in [0.25, 0.3) is 11.8 Å². The summed E-state index contributed by atoms with van der Waals surface area (Å²) in [5, 5.41) is 160. The molecule has 25 N–H and O–H groups in total. The number of amides is 7. The van der Waals surface area contributed by atoms with Crippen LogP contribution in [0.25, 0.3) is 0 Å². The van der Waals surface area contributed by atoms with Crippen LogP contribution in [0.15, 0.2) is 23.1 Å². The van der Waals surface area contributed by atoms with E-state index in [-0.39, 0.29) is 23.5 Å². The van der Waals surface area contributed by atoms with Crippen LogP contribution in [0.1, 0.15) is 87.0 Å². The number of hydrazine groups is 4. The first-order valence-corrected chi connectivity index (χ1v) is 37.7. The Labute approximate surface area is 660 Å². The van der Waals surface area contributed by atoms with Gasteiger partial charge in [0.2, 0.25) is 42.1 Å². The van der Waals surface area contributed by atoms with E-state index in [0.29, 0.717) is 5.75 Å². The van der Waals surface area contributed by atoms with Crippen LogP contribution in [0, 0.1) is 11.8 Å². The number of carboxylic acids is 1. The number of thioether (sulfide) groups is 1. The number of carbonyl (C=O) groups is 8. The Morgan fingerprint density at radius 3 is 1.30 bits per heavy atom. The minimum Gasteiger partial charge on any atom is -0.479 e. The van der Waals surface area contributed by atoms with E-state index >= 15 is 0 Å². The van der Waals surface area contributed by atoms with Crippen molar-refractivity contribution in [2.24, 2.45) is 11.8 Å². The van der Waals surface area contributed by atoms with E-state index in [1.165, 1.54) is 25.8 Å². The number of carboxylic acid groups (broad SMARTS) is 1. The van der Waals surface area contributed by atoms with Crippen LogP contribution in [0.4, 0.5) is 0 Å². The third kappa shape index (κ3) is 27.3. The lowest BCUT2D eigenvalue weighted by atomic mass is 9.94. The van der Waals surface area contributed by atoms with E-state index in [4.69, 9.17) is 72.0 Å². The van der Waals surface area contributed by atoms with Gasteiger partial charge < -0.3 is 130 Å². The molecular weight excluding hydrogens is 1580 g/mol. The summed E-state index contributed by atoms with van der Waals surface area (Å²) < 4.78 is 53.0. The Bertz CT molecular complexity index is 3180. The summed E-state index contributed by atoms with van der Waals surface area (Å²) in [5.41, 5.74) is 17.8. The van der Waals surface area contributed by atoms with Crippen molar-refractivity contribution >= 4 is 71.7 Å². The SMILES string of the molecule is COO[C@H]1CC(NC(C)=O)[C@H](O[C@H]2C(C(=O)O)OC(OO[C@H]3C[C@H](NC(C)=O)[C@H](O[C@H]4C(C(=O)NNC(=O)CC(O)NNC(O)C(C)C)OC(OO[C@H]5CC(NC(C)=O)[C@H](O[C@H]6C(C(=O)NNC(=O)CC(O)NNC(O)[C@@H](C)CSC7=CCC(S)C=C7)OC(C)C(O)[C@H]6O)O[C@H]5CO)C(O)C4O)OC3CO)C(O)[C@H]2O)O[C@H]1CO. The van der Waals surface area contributed by atoms with Crippen molar-refractivity contribution < 1.29 is 182 Å². The Morgan fingerprint density at radius 2 is 0.912 bits per heavy atom. The molecule has 7 rings (SSSR count). The predicted molar refractivity (Wildman–Crippen MR) is 377 cm³/mol. The number of ether oxygens (including phenoxy) is 9. The molecule has 6 fully saturated rings. The van der Waals surface area contributed by atoms with Crippen molar-refractivity contribution in [2.45, 2.75) is 283 Å². The standard InChI is InChI=1S/C64H107N11O37S2/c1-22(2)55(92)72-68-39(82)16-41(84)71-75-58(95)53-50(104-61-32(67-27(7)81)15-35(38(20-78)102-61)110-112-64-48(91)46(89)51(54(107-64)59(96)97)105-62-30(65-25(5)79)13-33(108-98-8)36(18-76)100-62)45(88)47(90)63(106-53)111-109-34-14-31(66-26(6)80)60(101-37(34)19-77)103-49-44(87)43(86)24(4)99-52(49)57(94)74-70-42(85)17-40(83)69-73-56(93)23(3)21-114-29-11-9-28(113)10-12-29/h9,11-12,22-24,28,30-40,43-56,60-64,68-69,72-73,76-78,82-83,86-93,113H,10,13-21H2,1-8H3,(H,65,79)(H,66,80)(H,67,81)(H,70,85)(H,71,84)(H,74,94)(H,75,95)(H,96,97)/t23-,24?,28?,30?,31?,32-,33-,34-,35-,36-,37-,38?,39?,40?,43?,44+,45?,46+,47?,48?,49+,50+,51+,52?,53?,54?,55?,56?,60-,61-,62-,63?,64?/m0/s1. The van der Waals surface area contributed by atoms with Crippen molar-refractivity contribution in [3.63, 3.8) is 0 Å². The molecule has 6 heterocycles. The molecular formula is C64H107N11O37S2. The third-order valence-corrected chi connectivity index (χ3v) is 20.3. The summed E-state index contributed by atoms with van der Waals surface area (Å²) in [5.74, 6) is -8.93. The molecule has 0 bridgehead atoms. The first kappa shape index (κ1) is 95.8. The maximum atomic E-state index is 14.4. The van der Waals surface area contributed by atoms with Crippen molar-refractivity contribution in [1.82, 2.24) is 59.4 Å². The third-order valence-electron chi connectivity index (χ3n) is 18.6. The molecule has 50 heteroatoms. The zero-order valence-corrected chi connectivity index (χ0v) is 64.7. The van der Waals surface area contributed by atoms with Crippen LogP contribution in [0.5, 0.6) is 0 Å². The van der Waals surface area contributed by atoms with E-state index < -0.39 is 283 Å². The fourth-order valence-corrected chi connectivity index (χ4v) is 13.6. The second kappa shape index (κ2) is 45.7. The number of aliphatic hydroxyl groups excluding tert-OH is 13. The summed E-state index contributed by atoms with van der Waals surface area (Å²) in [7, 11) is 1.17. The van der Waals surface area contributed by atoms with Gasteiger partial charge in [0, 0.05) is 61.9 Å². The van der Waals surface area contributed by atoms with Gasteiger partial charge in [-0.15, -0.1) is 11.8 Å². The fraction of sp³-hybridized carbons (Fsp3) is 0.812. The molecule has 33 atom stereocenters. The van der Waals surface area contributed by atoms with Gasteiger partial charge in [0.05, 0.1) is 64.0 Å². The van der Waals surface area contributed by atoms with Crippen LogP contribution in [-0.4, -0.2) is 347 Å². The number of hydrogen-bond donors (Lipinski definition) is 26. The molecule has 0 aromatic carbocycles. The highest BCUT2D eigenvalue weighted by Crippen LogP contribution is 2.37. The number of aliphatic hydroxyl groups is 13. The van der Waals surface area contributed by atoms with E-state index in [9.17, 15) is 110 Å².